The van der Waals surface area contributed by atoms with Gasteiger partial charge >= 0.3 is 0 Å². The van der Waals surface area contributed by atoms with Crippen LogP contribution in [0.1, 0.15) is 16.8 Å². The monoisotopic (exact) mass is 299 g/mol. The minimum Gasteiger partial charge on any atom is -0.354 e. The van der Waals surface area contributed by atoms with E-state index in [4.69, 9.17) is 16.6 Å². The molecule has 3 nitrogen and oxygen atoms in total. The van der Waals surface area contributed by atoms with Gasteiger partial charge in [0.25, 0.3) is 0 Å². The molecule has 2 aromatic heterocycles. The summed E-state index contributed by atoms with van der Waals surface area (Å²) in [6.45, 7) is 2.95. The van der Waals surface area contributed by atoms with Crippen molar-refractivity contribution in [3.63, 3.8) is 0 Å². The van der Waals surface area contributed by atoms with E-state index < -0.39 is 0 Å². The first-order chi connectivity index (χ1) is 10.2. The Kier molecular flexibility index (Phi) is 3.84. The number of hydrogen-bond donors (Lipinski definition) is 0. The number of benzene rings is 1. The lowest BCUT2D eigenvalue weighted by atomic mass is 10.1. The quantitative estimate of drug-likeness (QED) is 0.678. The van der Waals surface area contributed by atoms with Gasteiger partial charge in [-0.1, -0.05) is 30.3 Å². The van der Waals surface area contributed by atoms with Crippen LogP contribution < -0.4 is 4.90 Å². The van der Waals surface area contributed by atoms with Crippen molar-refractivity contribution in [1.82, 2.24) is 9.38 Å². The minimum absolute atomic E-state index is 0.443. The fourth-order valence-corrected chi connectivity index (χ4v) is 2.83. The number of fused-ring (bicyclic) bond motifs is 1. The number of pyridine rings is 1. The summed E-state index contributed by atoms with van der Waals surface area (Å²) in [5.74, 6) is 1.39. The lowest BCUT2D eigenvalue weighted by Gasteiger charge is -2.19. The second-order valence-electron chi connectivity index (χ2n) is 5.23. The zero-order valence-electron chi connectivity index (χ0n) is 12.3. The number of rotatable bonds is 4. The molecule has 0 N–H and O–H groups in total. The first kappa shape index (κ1) is 14.0. The average Bonchev–Trinajstić information content (AvgIpc) is 2.88. The predicted molar refractivity (Wildman–Crippen MR) is 88.0 cm³/mol. The number of anilines is 1. The third kappa shape index (κ3) is 2.61. The molecule has 0 aliphatic heterocycles. The number of hydrogen-bond acceptors (Lipinski definition) is 2. The number of alkyl halides is 1. The molecule has 0 atom stereocenters. The Morgan fingerprint density at radius 3 is 2.67 bits per heavy atom. The summed E-state index contributed by atoms with van der Waals surface area (Å²) in [6.07, 6.45) is 2.01. The second kappa shape index (κ2) is 5.78. The van der Waals surface area contributed by atoms with Crippen LogP contribution in [0.4, 0.5) is 5.82 Å². The number of halogens is 1. The topological polar surface area (TPSA) is 20.5 Å². The lowest BCUT2D eigenvalue weighted by molar-refractivity contribution is 0.887. The molecule has 21 heavy (non-hydrogen) atoms. The van der Waals surface area contributed by atoms with Gasteiger partial charge in [0.05, 0.1) is 11.6 Å². The van der Waals surface area contributed by atoms with Crippen LogP contribution in [0.15, 0.2) is 48.7 Å². The molecule has 0 spiro atoms. The van der Waals surface area contributed by atoms with Crippen molar-refractivity contribution < 1.29 is 0 Å². The molecule has 0 radical (unpaired) electrons. The summed E-state index contributed by atoms with van der Waals surface area (Å²) in [5, 5.41) is 0. The fraction of sp³-hybridized carbons (Fsp3) is 0.235. The minimum atomic E-state index is 0.443. The third-order valence-electron chi connectivity index (χ3n) is 3.76. The Hall–Kier alpha value is -2.00. The molecule has 3 rings (SSSR count). The molecular weight excluding hydrogens is 282 g/mol. The highest BCUT2D eigenvalue weighted by Crippen LogP contribution is 2.24. The summed E-state index contributed by atoms with van der Waals surface area (Å²) in [5.41, 5.74) is 4.56. The zero-order valence-corrected chi connectivity index (χ0v) is 13.0. The van der Waals surface area contributed by atoms with Crippen molar-refractivity contribution in [1.29, 1.82) is 0 Å². The van der Waals surface area contributed by atoms with Gasteiger partial charge in [-0.15, -0.1) is 11.6 Å². The van der Waals surface area contributed by atoms with E-state index in [1.165, 1.54) is 11.1 Å². The lowest BCUT2D eigenvalue weighted by Crippen LogP contribution is -2.18. The summed E-state index contributed by atoms with van der Waals surface area (Å²) >= 11 is 6.14. The summed E-state index contributed by atoms with van der Waals surface area (Å²) in [6, 6.07) is 14.4. The summed E-state index contributed by atoms with van der Waals surface area (Å²) in [7, 11) is 2.06. The van der Waals surface area contributed by atoms with Crippen LogP contribution in [0.25, 0.3) is 5.65 Å². The van der Waals surface area contributed by atoms with Gasteiger partial charge in [-0.05, 0) is 30.2 Å². The van der Waals surface area contributed by atoms with Crippen molar-refractivity contribution in [2.24, 2.45) is 0 Å². The molecular formula is C17H18ClN3. The highest BCUT2D eigenvalue weighted by Gasteiger charge is 2.15. The normalized spacial score (nSPS) is 11.0. The summed E-state index contributed by atoms with van der Waals surface area (Å²) in [4.78, 5) is 6.87. The van der Waals surface area contributed by atoms with Crippen LogP contribution in [-0.2, 0) is 12.4 Å². The van der Waals surface area contributed by atoms with Crippen LogP contribution in [0.3, 0.4) is 0 Å². The Morgan fingerprint density at radius 1 is 1.14 bits per heavy atom. The summed E-state index contributed by atoms with van der Waals surface area (Å²) < 4.78 is 2.05. The van der Waals surface area contributed by atoms with Gasteiger partial charge < -0.3 is 9.30 Å². The molecule has 0 aliphatic carbocycles. The first-order valence-electron chi connectivity index (χ1n) is 6.98. The van der Waals surface area contributed by atoms with Gasteiger partial charge in [0.15, 0.2) is 5.82 Å². The van der Waals surface area contributed by atoms with E-state index in [1.807, 2.05) is 24.4 Å². The number of nitrogens with zero attached hydrogens (tertiary/aromatic N) is 3. The zero-order chi connectivity index (χ0) is 14.8. The standard InChI is InChI=1S/C17H18ClN3/c1-13-7-3-4-8-14(13)12-20(2)17-15(11-18)21-10-6-5-9-16(21)19-17/h3-10H,11-12H2,1-2H3. The van der Waals surface area contributed by atoms with Crippen molar-refractivity contribution in [2.45, 2.75) is 19.3 Å². The van der Waals surface area contributed by atoms with Gasteiger partial charge in [-0.3, -0.25) is 0 Å². The van der Waals surface area contributed by atoms with E-state index in [1.54, 1.807) is 0 Å². The number of aromatic nitrogens is 2. The fourth-order valence-electron chi connectivity index (χ4n) is 2.58. The maximum atomic E-state index is 6.14. The van der Waals surface area contributed by atoms with Gasteiger partial charge in [0.2, 0.25) is 0 Å². The highest BCUT2D eigenvalue weighted by molar-refractivity contribution is 6.17. The Bertz CT molecular complexity index is 764. The molecule has 1 aromatic carbocycles. The highest BCUT2D eigenvalue weighted by atomic mass is 35.5. The SMILES string of the molecule is Cc1ccccc1CN(C)c1nc2ccccn2c1CCl. The maximum absolute atomic E-state index is 6.14. The Balaban J connectivity index is 1.98. The van der Waals surface area contributed by atoms with Crippen LogP contribution >= 0.6 is 11.6 Å². The maximum Gasteiger partial charge on any atom is 0.152 e. The van der Waals surface area contributed by atoms with Gasteiger partial charge in [0.1, 0.15) is 5.65 Å². The van der Waals surface area contributed by atoms with Crippen LogP contribution in [-0.4, -0.2) is 16.4 Å². The molecule has 0 bridgehead atoms. The van der Waals surface area contributed by atoms with Crippen molar-refractivity contribution in [3.05, 3.63) is 65.5 Å². The molecule has 0 saturated heterocycles. The molecule has 0 amide bonds. The Labute approximate surface area is 129 Å². The van der Waals surface area contributed by atoms with Gasteiger partial charge in [-0.2, -0.15) is 0 Å². The third-order valence-corrected chi connectivity index (χ3v) is 4.02. The molecule has 2 heterocycles. The molecule has 0 unspecified atom stereocenters. The predicted octanol–water partition coefficient (Wildman–Crippen LogP) is 4.02. The van der Waals surface area contributed by atoms with Gasteiger partial charge in [0, 0.05) is 19.8 Å². The molecule has 4 heteroatoms. The van der Waals surface area contributed by atoms with Gasteiger partial charge in [-0.25, -0.2) is 4.98 Å². The van der Waals surface area contributed by atoms with E-state index >= 15 is 0 Å². The van der Waals surface area contributed by atoms with E-state index in [0.717, 1.165) is 23.7 Å². The smallest absolute Gasteiger partial charge is 0.152 e. The molecule has 0 fully saturated rings. The Morgan fingerprint density at radius 2 is 1.90 bits per heavy atom. The van der Waals surface area contributed by atoms with E-state index in [9.17, 15) is 0 Å². The molecule has 0 saturated carbocycles. The van der Waals surface area contributed by atoms with E-state index in [-0.39, 0.29) is 0 Å². The van der Waals surface area contributed by atoms with E-state index in [0.29, 0.717) is 5.88 Å². The van der Waals surface area contributed by atoms with Crippen molar-refractivity contribution in [2.75, 3.05) is 11.9 Å². The van der Waals surface area contributed by atoms with Crippen molar-refractivity contribution in [3.8, 4) is 0 Å². The largest absolute Gasteiger partial charge is 0.354 e. The molecule has 3 aromatic rings. The number of imidazole rings is 1. The van der Waals surface area contributed by atoms with E-state index in [2.05, 4.69) is 47.5 Å². The van der Waals surface area contributed by atoms with Crippen LogP contribution in [0, 0.1) is 6.92 Å². The average molecular weight is 300 g/mol. The molecule has 108 valence electrons. The van der Waals surface area contributed by atoms with Crippen LogP contribution in [0.2, 0.25) is 0 Å². The van der Waals surface area contributed by atoms with Crippen LogP contribution in [0.5, 0.6) is 0 Å². The second-order valence-corrected chi connectivity index (χ2v) is 5.49. The first-order valence-corrected chi connectivity index (χ1v) is 7.51. The van der Waals surface area contributed by atoms with Crippen molar-refractivity contribution >= 4 is 23.1 Å². The molecule has 0 aliphatic rings. The number of aryl methyl sites for hydroxylation is 1.